The Morgan fingerprint density at radius 2 is 1.90 bits per heavy atom. The molecule has 1 N–H and O–H groups in total. The number of alkyl halides is 3. The summed E-state index contributed by atoms with van der Waals surface area (Å²) in [5, 5.41) is 3.04. The lowest BCUT2D eigenvalue weighted by atomic mass is 10.1. The van der Waals surface area contributed by atoms with Crippen molar-refractivity contribution in [2.75, 3.05) is 7.05 Å². The minimum absolute atomic E-state index is 0.0127. The molecule has 0 radical (unpaired) electrons. The average molecular weight is 301 g/mol. The molecule has 2 rings (SSSR count). The van der Waals surface area contributed by atoms with Gasteiger partial charge in [-0.1, -0.05) is 6.92 Å². The summed E-state index contributed by atoms with van der Waals surface area (Å²) in [6, 6.07) is 6.11. The van der Waals surface area contributed by atoms with Crippen LogP contribution in [0.3, 0.4) is 0 Å². The molecule has 2 aromatic rings. The Labute approximate surface area is 119 Å². The topological polar surface area (TPSA) is 25.2 Å². The Bertz CT molecular complexity index is 614. The van der Waals surface area contributed by atoms with E-state index in [2.05, 4.69) is 5.32 Å². The zero-order valence-corrected chi connectivity index (χ0v) is 11.6. The molecule has 0 amide bonds. The minimum atomic E-state index is -4.73. The molecule has 0 saturated carbocycles. The zero-order chi connectivity index (χ0) is 15.6. The van der Waals surface area contributed by atoms with Crippen molar-refractivity contribution >= 4 is 0 Å². The molecule has 1 unspecified atom stereocenters. The van der Waals surface area contributed by atoms with Crippen LogP contribution in [0.2, 0.25) is 0 Å². The lowest BCUT2D eigenvalue weighted by Gasteiger charge is -2.11. The summed E-state index contributed by atoms with van der Waals surface area (Å²) in [6.07, 6.45) is -3.95. The molecule has 21 heavy (non-hydrogen) atoms. The molecule has 2 nitrogen and oxygen atoms in total. The van der Waals surface area contributed by atoms with Gasteiger partial charge in [0.1, 0.15) is 17.3 Å². The Morgan fingerprint density at radius 3 is 2.48 bits per heavy atom. The molecule has 1 aromatic carbocycles. The molecule has 1 atom stereocenters. The number of benzene rings is 1. The van der Waals surface area contributed by atoms with Crippen LogP contribution in [0.1, 0.15) is 30.7 Å². The Balaban J connectivity index is 2.39. The number of hydrogen-bond donors (Lipinski definition) is 1. The molecule has 0 aliphatic rings. The van der Waals surface area contributed by atoms with Crippen molar-refractivity contribution in [3.05, 3.63) is 47.5 Å². The van der Waals surface area contributed by atoms with E-state index in [1.165, 1.54) is 6.07 Å². The molecule has 0 aliphatic heterocycles. The fraction of sp³-hybridized carbons (Fsp3) is 0.333. The quantitative estimate of drug-likeness (QED) is 0.822. The van der Waals surface area contributed by atoms with E-state index in [-0.39, 0.29) is 17.4 Å². The second-order valence-electron chi connectivity index (χ2n) is 4.64. The molecular formula is C15H15F4NO. The van der Waals surface area contributed by atoms with Gasteiger partial charge in [0, 0.05) is 5.56 Å². The van der Waals surface area contributed by atoms with Crippen molar-refractivity contribution in [1.29, 1.82) is 0 Å². The summed E-state index contributed by atoms with van der Waals surface area (Å²) in [7, 11) is 1.77. The van der Waals surface area contributed by atoms with Gasteiger partial charge in [-0.2, -0.15) is 13.2 Å². The molecule has 0 aliphatic carbocycles. The largest absolute Gasteiger partial charge is 0.459 e. The first kappa shape index (κ1) is 15.6. The van der Waals surface area contributed by atoms with Gasteiger partial charge in [-0.3, -0.25) is 0 Å². The third-order valence-electron chi connectivity index (χ3n) is 3.28. The Kier molecular flexibility index (Phi) is 4.37. The highest BCUT2D eigenvalue weighted by Gasteiger charge is 2.34. The minimum Gasteiger partial charge on any atom is -0.459 e. The number of nitrogens with one attached hydrogen (secondary N) is 1. The van der Waals surface area contributed by atoms with Gasteiger partial charge in [0.25, 0.3) is 0 Å². The van der Waals surface area contributed by atoms with E-state index in [0.717, 1.165) is 18.6 Å². The van der Waals surface area contributed by atoms with Crippen LogP contribution < -0.4 is 5.32 Å². The molecule has 1 aromatic heterocycles. The predicted octanol–water partition coefficient (Wildman–Crippen LogP) is 4.78. The predicted molar refractivity (Wildman–Crippen MR) is 71.2 cm³/mol. The van der Waals surface area contributed by atoms with Crippen molar-refractivity contribution in [1.82, 2.24) is 5.32 Å². The summed E-state index contributed by atoms with van der Waals surface area (Å²) in [4.78, 5) is 0. The molecule has 1 heterocycles. The molecular weight excluding hydrogens is 286 g/mol. The van der Waals surface area contributed by atoms with E-state index >= 15 is 0 Å². The van der Waals surface area contributed by atoms with E-state index in [9.17, 15) is 17.6 Å². The van der Waals surface area contributed by atoms with Crippen LogP contribution in [-0.4, -0.2) is 7.05 Å². The van der Waals surface area contributed by atoms with Crippen molar-refractivity contribution in [3.8, 4) is 11.3 Å². The summed E-state index contributed by atoms with van der Waals surface area (Å²) in [5.41, 5.74) is -1.10. The average Bonchev–Trinajstić information content (AvgIpc) is 2.89. The van der Waals surface area contributed by atoms with Gasteiger partial charge in [-0.15, -0.1) is 0 Å². The van der Waals surface area contributed by atoms with Crippen molar-refractivity contribution < 1.29 is 22.0 Å². The standard InChI is InChI=1S/C15H15F4NO/c1-3-12(20-2)14-7-6-13(21-14)9-4-5-11(16)10(8-9)15(17,18)19/h4-8,12,20H,3H2,1-2H3. The number of halogens is 4. The Morgan fingerprint density at radius 1 is 1.19 bits per heavy atom. The van der Waals surface area contributed by atoms with E-state index in [1.54, 1.807) is 19.2 Å². The van der Waals surface area contributed by atoms with Crippen LogP contribution in [0.4, 0.5) is 17.6 Å². The SMILES string of the molecule is CCC(NC)c1ccc(-c2ccc(F)c(C(F)(F)F)c2)o1. The zero-order valence-electron chi connectivity index (χ0n) is 11.6. The van der Waals surface area contributed by atoms with Gasteiger partial charge >= 0.3 is 6.18 Å². The van der Waals surface area contributed by atoms with Crippen LogP contribution in [0.5, 0.6) is 0 Å². The third kappa shape index (κ3) is 3.26. The highest BCUT2D eigenvalue weighted by atomic mass is 19.4. The maximum Gasteiger partial charge on any atom is 0.419 e. The maximum atomic E-state index is 13.3. The van der Waals surface area contributed by atoms with Crippen molar-refractivity contribution in [2.45, 2.75) is 25.6 Å². The highest BCUT2D eigenvalue weighted by molar-refractivity contribution is 5.59. The number of rotatable bonds is 4. The van der Waals surface area contributed by atoms with E-state index in [4.69, 9.17) is 4.42 Å². The molecule has 0 spiro atoms. The monoisotopic (exact) mass is 301 g/mol. The van der Waals surface area contributed by atoms with Crippen LogP contribution in [0.25, 0.3) is 11.3 Å². The molecule has 114 valence electrons. The maximum absolute atomic E-state index is 13.3. The van der Waals surface area contributed by atoms with Gasteiger partial charge in [0.05, 0.1) is 11.6 Å². The molecule has 0 bridgehead atoms. The van der Waals surface area contributed by atoms with Crippen LogP contribution in [-0.2, 0) is 6.18 Å². The third-order valence-corrected chi connectivity index (χ3v) is 3.28. The first-order valence-electron chi connectivity index (χ1n) is 6.51. The summed E-state index contributed by atoms with van der Waals surface area (Å²) < 4.78 is 57.0. The Hall–Kier alpha value is -1.82. The normalized spacial score (nSPS) is 13.4. The van der Waals surface area contributed by atoms with Crippen LogP contribution >= 0.6 is 0 Å². The first-order chi connectivity index (χ1) is 9.86. The fourth-order valence-corrected chi connectivity index (χ4v) is 2.14. The van der Waals surface area contributed by atoms with E-state index in [0.29, 0.717) is 5.76 Å². The van der Waals surface area contributed by atoms with Crippen molar-refractivity contribution in [3.63, 3.8) is 0 Å². The fourth-order valence-electron chi connectivity index (χ4n) is 2.14. The first-order valence-corrected chi connectivity index (χ1v) is 6.51. The van der Waals surface area contributed by atoms with Gasteiger partial charge < -0.3 is 9.73 Å². The van der Waals surface area contributed by atoms with Gasteiger partial charge in [0.2, 0.25) is 0 Å². The summed E-state index contributed by atoms with van der Waals surface area (Å²) in [5.74, 6) is -0.378. The van der Waals surface area contributed by atoms with Crippen LogP contribution in [0.15, 0.2) is 34.7 Å². The lowest BCUT2D eigenvalue weighted by molar-refractivity contribution is -0.139. The van der Waals surface area contributed by atoms with Gasteiger partial charge in [-0.25, -0.2) is 4.39 Å². The second-order valence-corrected chi connectivity index (χ2v) is 4.64. The molecule has 0 saturated heterocycles. The number of furan rings is 1. The number of hydrogen-bond acceptors (Lipinski definition) is 2. The summed E-state index contributed by atoms with van der Waals surface area (Å²) in [6.45, 7) is 1.96. The van der Waals surface area contributed by atoms with Crippen molar-refractivity contribution in [2.24, 2.45) is 0 Å². The smallest absolute Gasteiger partial charge is 0.419 e. The van der Waals surface area contributed by atoms with Gasteiger partial charge in [-0.05, 0) is 43.8 Å². The molecule has 0 fully saturated rings. The second kappa shape index (κ2) is 5.89. The molecule has 6 heteroatoms. The highest BCUT2D eigenvalue weighted by Crippen LogP contribution is 2.35. The summed E-state index contributed by atoms with van der Waals surface area (Å²) >= 11 is 0. The lowest BCUT2D eigenvalue weighted by Crippen LogP contribution is -2.14. The van der Waals surface area contributed by atoms with E-state index < -0.39 is 17.6 Å². The van der Waals surface area contributed by atoms with Gasteiger partial charge in [0.15, 0.2) is 0 Å². The van der Waals surface area contributed by atoms with E-state index in [1.807, 2.05) is 6.92 Å². The van der Waals surface area contributed by atoms with Crippen LogP contribution in [0, 0.1) is 5.82 Å².